The molecular formula is C22H23ClN8O. The Bertz CT molecular complexity index is 1240. The van der Waals surface area contributed by atoms with Crippen molar-refractivity contribution >= 4 is 29.0 Å². The zero-order valence-electron chi connectivity index (χ0n) is 17.6. The number of halogens is 1. The number of hydrogen-bond acceptors (Lipinski definition) is 6. The van der Waals surface area contributed by atoms with Crippen LogP contribution in [0.15, 0.2) is 42.6 Å². The topological polar surface area (TPSA) is 104 Å². The molecule has 32 heavy (non-hydrogen) atoms. The molecule has 0 atom stereocenters. The third kappa shape index (κ3) is 4.03. The van der Waals surface area contributed by atoms with Gasteiger partial charge in [0.2, 0.25) is 5.91 Å². The summed E-state index contributed by atoms with van der Waals surface area (Å²) >= 11 is 6.01. The Balaban J connectivity index is 1.25. The number of hydrogen-bond donors (Lipinski definition) is 2. The fourth-order valence-electron chi connectivity index (χ4n) is 3.98. The first-order chi connectivity index (χ1) is 15.6. The second-order valence-corrected chi connectivity index (χ2v) is 8.43. The number of aryl methyl sites for hydroxylation is 1. The third-order valence-electron chi connectivity index (χ3n) is 5.93. The van der Waals surface area contributed by atoms with E-state index in [4.69, 9.17) is 16.7 Å². The van der Waals surface area contributed by atoms with E-state index in [-0.39, 0.29) is 11.8 Å². The molecule has 0 saturated carbocycles. The van der Waals surface area contributed by atoms with Gasteiger partial charge in [0.1, 0.15) is 5.82 Å². The van der Waals surface area contributed by atoms with Gasteiger partial charge in [-0.1, -0.05) is 11.6 Å². The molecule has 0 aliphatic carbocycles. The number of aromatic nitrogens is 6. The van der Waals surface area contributed by atoms with E-state index >= 15 is 0 Å². The van der Waals surface area contributed by atoms with E-state index in [1.54, 1.807) is 10.7 Å². The zero-order valence-corrected chi connectivity index (χ0v) is 18.4. The second-order valence-electron chi connectivity index (χ2n) is 7.99. The summed E-state index contributed by atoms with van der Waals surface area (Å²) < 4.78 is 1.75. The van der Waals surface area contributed by atoms with Gasteiger partial charge >= 0.3 is 0 Å². The van der Waals surface area contributed by atoms with Crippen LogP contribution in [0.5, 0.6) is 0 Å². The summed E-state index contributed by atoms with van der Waals surface area (Å²) in [5.41, 5.74) is 3.57. The first-order valence-electron chi connectivity index (χ1n) is 10.6. The number of fused-ring (bicyclic) bond motifs is 1. The SMILES string of the molecule is Cc1[nH]ncc1CNC(=O)C1CCN(c2ccc3nnc(-c4ccc(Cl)cc4)n3n2)CC1. The van der Waals surface area contributed by atoms with Gasteiger partial charge in [-0.05, 0) is 56.2 Å². The number of H-pyrrole nitrogens is 1. The molecule has 5 rings (SSSR count). The Morgan fingerprint density at radius 1 is 1.16 bits per heavy atom. The molecular weight excluding hydrogens is 428 g/mol. The first-order valence-corrected chi connectivity index (χ1v) is 11.0. The maximum Gasteiger partial charge on any atom is 0.223 e. The number of piperidine rings is 1. The van der Waals surface area contributed by atoms with Gasteiger partial charge in [-0.25, -0.2) is 0 Å². The largest absolute Gasteiger partial charge is 0.355 e. The second kappa shape index (κ2) is 8.58. The highest BCUT2D eigenvalue weighted by atomic mass is 35.5. The highest BCUT2D eigenvalue weighted by Gasteiger charge is 2.26. The molecule has 0 unspecified atom stereocenters. The summed E-state index contributed by atoms with van der Waals surface area (Å²) in [7, 11) is 0. The number of aromatic amines is 1. The fraction of sp³-hybridized carbons (Fsp3) is 0.318. The van der Waals surface area contributed by atoms with Gasteiger partial charge in [-0.3, -0.25) is 9.89 Å². The maximum atomic E-state index is 12.6. The number of nitrogens with one attached hydrogen (secondary N) is 2. The predicted molar refractivity (Wildman–Crippen MR) is 121 cm³/mol. The molecule has 1 aromatic carbocycles. The van der Waals surface area contributed by atoms with Gasteiger partial charge in [0.05, 0.1) is 6.20 Å². The van der Waals surface area contributed by atoms with Crippen LogP contribution in [0, 0.1) is 12.8 Å². The third-order valence-corrected chi connectivity index (χ3v) is 6.18. The van der Waals surface area contributed by atoms with Gasteiger partial charge in [0.15, 0.2) is 11.5 Å². The molecule has 0 radical (unpaired) electrons. The van der Waals surface area contributed by atoms with Gasteiger partial charge in [0.25, 0.3) is 0 Å². The van der Waals surface area contributed by atoms with Crippen LogP contribution < -0.4 is 10.2 Å². The van der Waals surface area contributed by atoms with Crippen LogP contribution in [0.25, 0.3) is 17.0 Å². The summed E-state index contributed by atoms with van der Waals surface area (Å²) in [6, 6.07) is 11.3. The molecule has 1 saturated heterocycles. The number of carbonyl (C=O) groups excluding carboxylic acids is 1. The molecule has 1 aliphatic rings. The van der Waals surface area contributed by atoms with Crippen molar-refractivity contribution in [1.29, 1.82) is 0 Å². The molecule has 9 nitrogen and oxygen atoms in total. The Kier molecular flexibility index (Phi) is 5.48. The normalized spacial score (nSPS) is 14.8. The van der Waals surface area contributed by atoms with Gasteiger partial charge in [0, 0.05) is 47.4 Å². The molecule has 1 aliphatic heterocycles. The summed E-state index contributed by atoms with van der Waals surface area (Å²) in [4.78, 5) is 14.8. The minimum atomic E-state index is 0.00160. The van der Waals surface area contributed by atoms with E-state index < -0.39 is 0 Å². The van der Waals surface area contributed by atoms with Crippen molar-refractivity contribution in [2.75, 3.05) is 18.0 Å². The molecule has 4 heterocycles. The number of anilines is 1. The van der Waals surface area contributed by atoms with Crippen molar-refractivity contribution in [3.8, 4) is 11.4 Å². The Morgan fingerprint density at radius 2 is 1.94 bits per heavy atom. The van der Waals surface area contributed by atoms with Crippen molar-refractivity contribution < 1.29 is 4.79 Å². The van der Waals surface area contributed by atoms with Crippen LogP contribution in [-0.4, -0.2) is 49.0 Å². The van der Waals surface area contributed by atoms with E-state index in [1.165, 1.54) is 0 Å². The molecule has 0 bridgehead atoms. The summed E-state index contributed by atoms with van der Waals surface area (Å²) in [6.45, 7) is 3.98. The fourth-order valence-corrected chi connectivity index (χ4v) is 4.10. The predicted octanol–water partition coefficient (Wildman–Crippen LogP) is 3.01. The number of benzene rings is 1. The maximum absolute atomic E-state index is 12.6. The van der Waals surface area contributed by atoms with Crippen molar-refractivity contribution in [3.63, 3.8) is 0 Å². The lowest BCUT2D eigenvalue weighted by molar-refractivity contribution is -0.125. The van der Waals surface area contributed by atoms with Crippen LogP contribution in [0.2, 0.25) is 5.02 Å². The molecule has 3 aromatic heterocycles. The summed E-state index contributed by atoms with van der Waals surface area (Å²) in [6.07, 6.45) is 3.31. The average molecular weight is 451 g/mol. The number of nitrogens with zero attached hydrogens (tertiary/aromatic N) is 6. The van der Waals surface area contributed by atoms with Gasteiger partial charge in [-0.15, -0.1) is 15.3 Å². The first kappa shape index (κ1) is 20.4. The van der Waals surface area contributed by atoms with E-state index in [2.05, 4.69) is 30.6 Å². The molecule has 1 fully saturated rings. The van der Waals surface area contributed by atoms with Crippen molar-refractivity contribution in [2.45, 2.75) is 26.3 Å². The molecule has 2 N–H and O–H groups in total. The Labute approximate surface area is 189 Å². The van der Waals surface area contributed by atoms with E-state index in [9.17, 15) is 4.79 Å². The lowest BCUT2D eigenvalue weighted by Gasteiger charge is -2.32. The Morgan fingerprint density at radius 3 is 2.66 bits per heavy atom. The molecule has 10 heteroatoms. The van der Waals surface area contributed by atoms with E-state index in [1.807, 2.05) is 43.3 Å². The van der Waals surface area contributed by atoms with Gasteiger partial charge < -0.3 is 10.2 Å². The average Bonchev–Trinajstić information content (AvgIpc) is 3.43. The molecule has 4 aromatic rings. The summed E-state index contributed by atoms with van der Waals surface area (Å²) in [5.74, 6) is 1.61. The molecule has 0 spiro atoms. The number of amides is 1. The van der Waals surface area contributed by atoms with Crippen LogP contribution in [0.4, 0.5) is 5.82 Å². The quantitative estimate of drug-likeness (QED) is 0.484. The van der Waals surface area contributed by atoms with Gasteiger partial charge in [-0.2, -0.15) is 9.61 Å². The van der Waals surface area contributed by atoms with Crippen molar-refractivity contribution in [1.82, 2.24) is 35.3 Å². The smallest absolute Gasteiger partial charge is 0.223 e. The highest BCUT2D eigenvalue weighted by molar-refractivity contribution is 6.30. The Hall–Kier alpha value is -3.46. The lowest BCUT2D eigenvalue weighted by atomic mass is 9.96. The number of rotatable bonds is 5. The minimum absolute atomic E-state index is 0.00160. The zero-order chi connectivity index (χ0) is 22.1. The van der Waals surface area contributed by atoms with E-state index in [0.717, 1.165) is 48.6 Å². The highest BCUT2D eigenvalue weighted by Crippen LogP contribution is 2.24. The molecule has 164 valence electrons. The van der Waals surface area contributed by atoms with Crippen LogP contribution in [0.1, 0.15) is 24.1 Å². The standard InChI is InChI=1S/C22H23ClN8O/c1-14-17(13-25-26-14)12-24-22(32)16-8-10-30(11-9-16)20-7-6-19-27-28-21(31(19)29-20)15-2-4-18(23)5-3-15/h2-7,13,16H,8-12H2,1H3,(H,24,32)(H,25,26). The van der Waals surface area contributed by atoms with E-state index in [0.29, 0.717) is 23.0 Å². The number of carbonyl (C=O) groups is 1. The van der Waals surface area contributed by atoms with Crippen LogP contribution in [0.3, 0.4) is 0 Å². The lowest BCUT2D eigenvalue weighted by Crippen LogP contribution is -2.40. The summed E-state index contributed by atoms with van der Waals surface area (Å²) in [5, 5.41) is 23.9. The minimum Gasteiger partial charge on any atom is -0.355 e. The van der Waals surface area contributed by atoms with Crippen LogP contribution >= 0.6 is 11.6 Å². The van der Waals surface area contributed by atoms with Crippen molar-refractivity contribution in [2.24, 2.45) is 5.92 Å². The van der Waals surface area contributed by atoms with Crippen LogP contribution in [-0.2, 0) is 11.3 Å². The monoisotopic (exact) mass is 450 g/mol. The van der Waals surface area contributed by atoms with Crippen molar-refractivity contribution in [3.05, 3.63) is 58.9 Å². The molecule has 1 amide bonds.